The van der Waals surface area contributed by atoms with Crippen LogP contribution in [-0.2, 0) is 12.8 Å². The number of allylic oxidation sites excluding steroid dienone is 5. The smallest absolute Gasteiger partial charge is 0.512 e. The zero-order valence-electron chi connectivity index (χ0n) is 37.2. The van der Waals surface area contributed by atoms with E-state index in [1.54, 1.807) is 18.2 Å². The minimum atomic E-state index is -0.806. The fourth-order valence-electron chi connectivity index (χ4n) is 7.62. The second-order valence-corrected chi connectivity index (χ2v) is 15.3. The minimum Gasteiger partial charge on any atom is -0.512 e. The summed E-state index contributed by atoms with van der Waals surface area (Å²) in [6.45, 7) is 5.00. The van der Waals surface area contributed by atoms with Gasteiger partial charge in [0.2, 0.25) is 0 Å². The third-order valence-electron chi connectivity index (χ3n) is 10.9. The van der Waals surface area contributed by atoms with E-state index in [2.05, 4.69) is 70.1 Å². The first-order valence-electron chi connectivity index (χ1n) is 21.4. The molecular formula is C45H60BN11NaO8. The van der Waals surface area contributed by atoms with Crippen molar-refractivity contribution in [2.75, 3.05) is 13.2 Å². The molecular weight excluding hydrogens is 856 g/mol. The Morgan fingerprint density at radius 3 is 1.73 bits per heavy atom. The summed E-state index contributed by atoms with van der Waals surface area (Å²) < 4.78 is 11.1. The summed E-state index contributed by atoms with van der Waals surface area (Å²) in [5.41, 5.74) is 2.83. The molecule has 2 heterocycles. The molecule has 5 unspecified atom stereocenters. The molecule has 2 aliphatic carbocycles. The quantitative estimate of drug-likeness (QED) is 0.0124. The minimum absolute atomic E-state index is 0. The van der Waals surface area contributed by atoms with Crippen LogP contribution in [0.2, 0.25) is 0 Å². The van der Waals surface area contributed by atoms with Gasteiger partial charge in [-0.25, -0.2) is 5.48 Å². The molecule has 9 atom stereocenters. The van der Waals surface area contributed by atoms with Crippen molar-refractivity contribution in [2.24, 2.45) is 28.8 Å². The maximum absolute atomic E-state index is 10.5. The van der Waals surface area contributed by atoms with Crippen LogP contribution < -0.4 is 44.5 Å². The Hall–Kier alpha value is -5.08. The summed E-state index contributed by atoms with van der Waals surface area (Å²) in [6, 6.07) is 18.3. The van der Waals surface area contributed by atoms with Gasteiger partial charge in [-0.3, -0.25) is 0 Å². The number of aliphatic hydroxyl groups excluding tert-OH is 4. The first-order valence-corrected chi connectivity index (χ1v) is 21.4. The number of oxime groups is 1. The van der Waals surface area contributed by atoms with Crippen LogP contribution in [0.15, 0.2) is 114 Å². The van der Waals surface area contributed by atoms with Crippen molar-refractivity contribution in [1.82, 2.24) is 46.7 Å². The molecule has 21 heteroatoms. The first kappa shape index (κ1) is 57.1. The molecule has 347 valence electrons. The normalized spacial score (nSPS) is 22.9. The van der Waals surface area contributed by atoms with Crippen LogP contribution in [0, 0.1) is 35.5 Å². The Bertz CT molecular complexity index is 2000. The van der Waals surface area contributed by atoms with E-state index in [9.17, 15) is 30.8 Å². The summed E-state index contributed by atoms with van der Waals surface area (Å²) in [6.07, 6.45) is 19.8. The third-order valence-corrected chi connectivity index (χ3v) is 10.9. The van der Waals surface area contributed by atoms with E-state index in [4.69, 9.17) is 21.3 Å². The summed E-state index contributed by atoms with van der Waals surface area (Å²) in [7, 11) is 0. The topological polar surface area (TPSA) is 297 Å². The van der Waals surface area contributed by atoms with Crippen molar-refractivity contribution in [3.05, 3.63) is 127 Å². The molecule has 0 amide bonds. The van der Waals surface area contributed by atoms with Crippen LogP contribution in [0.3, 0.4) is 0 Å². The van der Waals surface area contributed by atoms with Gasteiger partial charge in [0.15, 0.2) is 11.6 Å². The molecule has 2 fully saturated rings. The van der Waals surface area contributed by atoms with E-state index in [1.165, 1.54) is 0 Å². The van der Waals surface area contributed by atoms with Crippen molar-refractivity contribution in [3.63, 3.8) is 0 Å². The molecule has 6 rings (SSSR count). The zero-order valence-corrected chi connectivity index (χ0v) is 39.2. The van der Waals surface area contributed by atoms with Crippen molar-refractivity contribution in [2.45, 2.75) is 94.7 Å². The number of nitrogens with one attached hydrogen (secondary N) is 3. The van der Waals surface area contributed by atoms with E-state index in [-0.39, 0.29) is 80.9 Å². The number of ether oxygens (including phenoxy) is 2. The number of aryl methyl sites for hydroxylation is 2. The Kier molecular flexibility index (Phi) is 28.9. The van der Waals surface area contributed by atoms with Gasteiger partial charge in [0, 0.05) is 51.5 Å². The van der Waals surface area contributed by atoms with Crippen molar-refractivity contribution >= 4 is 14.1 Å². The number of benzene rings is 2. The molecule has 0 spiro atoms. The van der Waals surface area contributed by atoms with Crippen LogP contribution in [0.5, 0.6) is 11.5 Å². The number of hydrogen-bond acceptors (Lipinski definition) is 17. The first-order chi connectivity index (χ1) is 31.3. The molecule has 4 aromatic rings. The average Bonchev–Trinajstić information content (AvgIpc) is 4.16. The molecule has 2 saturated carbocycles. The Balaban J connectivity index is 0.000000425. The molecule has 2 aromatic heterocycles. The number of hydroxylamine groups is 1. The number of aliphatic hydroxyl groups is 4. The number of rotatable bonds is 23. The van der Waals surface area contributed by atoms with E-state index < -0.39 is 24.4 Å². The van der Waals surface area contributed by atoms with E-state index >= 15 is 0 Å². The number of unbranched alkanes of at least 4 members (excludes halogenated alkanes) is 2. The second-order valence-electron chi connectivity index (χ2n) is 15.3. The summed E-state index contributed by atoms with van der Waals surface area (Å²) in [5.74, 6) is 2.29. The van der Waals surface area contributed by atoms with Gasteiger partial charge in [-0.05, 0) is 75.1 Å². The number of hydrogen-bond donors (Lipinski definition) is 9. The molecule has 2 aliphatic rings. The van der Waals surface area contributed by atoms with E-state index in [1.807, 2.05) is 72.8 Å². The Labute approximate surface area is 409 Å². The maximum atomic E-state index is 10.5. The van der Waals surface area contributed by atoms with E-state index in [0.29, 0.717) is 54.5 Å². The van der Waals surface area contributed by atoms with Crippen LogP contribution >= 0.6 is 0 Å². The third kappa shape index (κ3) is 20.2. The Morgan fingerprint density at radius 1 is 0.758 bits per heavy atom. The van der Waals surface area contributed by atoms with E-state index in [0.717, 1.165) is 38.5 Å². The summed E-state index contributed by atoms with van der Waals surface area (Å²) in [5, 5.41) is 97.5. The van der Waals surface area contributed by atoms with Gasteiger partial charge in [0.1, 0.15) is 36.9 Å². The summed E-state index contributed by atoms with van der Waals surface area (Å²) >= 11 is 0. The van der Waals surface area contributed by atoms with Crippen LogP contribution in [-0.4, -0.2) is 130 Å². The van der Waals surface area contributed by atoms with Gasteiger partial charge < -0.3 is 52.1 Å². The molecule has 0 aliphatic heterocycles. The second kappa shape index (κ2) is 33.4. The standard InChI is InChI=1S/C22H31N5O4.C22H29N5O4.CN.B.Na/c2*28-16(15-31-17-8-4-3-5-9-17)12-13-18-19(21(29)14-20(18)25-30)10-6-1-2-7-11-22-23-26-27-24-22;1-2;;/h1,3-6,8-9,12-13,16,18-21,25,28-30H,2,7,10-11,14-15H2,(H,23,24,26,27);1,3-6,8-9,12-13,16,18-19,21,28-30H,2,7,10-11,14-15H2,(H,23,24,26,27);;;/q;;-1;;+1/b6-1-,13-12+;6-1-,13-12+,25-20-;;;/t16?,18-,19?,20?,21+;16?,18-,19?,21+;;;/m11.../s1. The average molecular weight is 917 g/mol. The SMILES string of the molecule is O/N=C1/C[C@H](O)C(C/C=C\CCCc2nn[nH]n2)[C@H]1/C=C/C(O)COc1ccccc1.ONC1C[C@H](O)C(C/C=C\CCCc2nn[nH]n2)[C@H]1/C=C/C(O)COc1ccccc1.[B].[C-]#N.[Na+]. The van der Waals surface area contributed by atoms with Crippen molar-refractivity contribution in [1.29, 1.82) is 5.26 Å². The predicted molar refractivity (Wildman–Crippen MR) is 240 cm³/mol. The largest absolute Gasteiger partial charge is 1.00 e. The number of aromatic amines is 2. The number of H-pyrrole nitrogens is 2. The van der Waals surface area contributed by atoms with Gasteiger partial charge in [-0.1, -0.05) is 101 Å². The molecule has 66 heavy (non-hydrogen) atoms. The number of para-hydroxylation sites is 2. The Morgan fingerprint density at radius 2 is 1.26 bits per heavy atom. The fraction of sp³-hybridized carbons (Fsp3) is 0.467. The molecule has 0 saturated heterocycles. The maximum Gasteiger partial charge on any atom is 1.00 e. The number of tetrazole rings is 2. The zero-order chi connectivity index (χ0) is 45.8. The van der Waals surface area contributed by atoms with Crippen molar-refractivity contribution in [3.8, 4) is 11.5 Å². The molecule has 0 bridgehead atoms. The van der Waals surface area contributed by atoms with Crippen LogP contribution in [0.25, 0.3) is 0 Å². The number of nitrogens with zero attached hydrogens (tertiary/aromatic N) is 8. The predicted octanol–water partition coefficient (Wildman–Crippen LogP) is 0.821. The van der Waals surface area contributed by atoms with Crippen LogP contribution in [0.1, 0.15) is 63.0 Å². The van der Waals surface area contributed by atoms with Gasteiger partial charge in [-0.2, -0.15) is 10.4 Å². The molecule has 9 N–H and O–H groups in total. The van der Waals surface area contributed by atoms with Gasteiger partial charge in [0.25, 0.3) is 0 Å². The van der Waals surface area contributed by atoms with Crippen LogP contribution in [0.4, 0.5) is 0 Å². The monoisotopic (exact) mass is 916 g/mol. The van der Waals surface area contributed by atoms with Gasteiger partial charge >= 0.3 is 29.6 Å². The molecule has 19 nitrogen and oxygen atoms in total. The molecule has 2 aromatic carbocycles. The summed E-state index contributed by atoms with van der Waals surface area (Å²) in [4.78, 5) is 0. The molecule has 3 radical (unpaired) electrons. The van der Waals surface area contributed by atoms with Crippen molar-refractivity contribution < 1.29 is 69.9 Å². The van der Waals surface area contributed by atoms with Gasteiger partial charge in [-0.15, -0.1) is 20.4 Å². The fourth-order valence-corrected chi connectivity index (χ4v) is 7.62. The van der Waals surface area contributed by atoms with Gasteiger partial charge in [0.05, 0.1) is 17.9 Å². The number of aromatic nitrogens is 8.